The molecule has 0 atom stereocenters. The maximum Gasteiger partial charge on any atom is 0.173 e. The number of fused-ring (bicyclic) bond motifs is 1. The van der Waals surface area contributed by atoms with Crippen LogP contribution in [0.5, 0.6) is 0 Å². The standard InChI is InChI=1S/C14H13N7O/c15-13(20-16)10-4-9(7-22)5-11(6-10)19-14-12-2-1-3-21(12)18-8-17-14/h1-6,8,15-16,22H,7H2,(H,17,18,19). The van der Waals surface area contributed by atoms with Gasteiger partial charge in [-0.25, -0.2) is 15.0 Å². The Balaban J connectivity index is 2.02. The van der Waals surface area contributed by atoms with Crippen LogP contribution in [0.4, 0.5) is 11.5 Å². The van der Waals surface area contributed by atoms with Crippen molar-refractivity contribution >= 4 is 22.9 Å². The fraction of sp³-hybridized carbons (Fsp3) is 0.0714. The van der Waals surface area contributed by atoms with Crippen molar-refractivity contribution in [1.29, 1.82) is 10.9 Å². The molecule has 0 bridgehead atoms. The molecule has 0 saturated carbocycles. The molecule has 0 aliphatic carbocycles. The minimum Gasteiger partial charge on any atom is -0.392 e. The van der Waals surface area contributed by atoms with E-state index in [1.165, 1.54) is 6.33 Å². The smallest absolute Gasteiger partial charge is 0.173 e. The maximum absolute atomic E-state index is 9.34. The van der Waals surface area contributed by atoms with Crippen LogP contribution in [0.3, 0.4) is 0 Å². The molecule has 110 valence electrons. The maximum atomic E-state index is 9.34. The Hall–Kier alpha value is -3.13. The summed E-state index contributed by atoms with van der Waals surface area (Å²) in [6, 6.07) is 8.79. The lowest BCUT2D eigenvalue weighted by atomic mass is 10.1. The summed E-state index contributed by atoms with van der Waals surface area (Å²) in [6.07, 6.45) is 3.25. The van der Waals surface area contributed by atoms with Crippen molar-refractivity contribution in [2.75, 3.05) is 5.32 Å². The summed E-state index contributed by atoms with van der Waals surface area (Å²) in [5.74, 6) is 0.434. The summed E-state index contributed by atoms with van der Waals surface area (Å²) in [5.41, 5.74) is 9.47. The summed E-state index contributed by atoms with van der Waals surface area (Å²) >= 11 is 0. The van der Waals surface area contributed by atoms with Crippen molar-refractivity contribution in [2.24, 2.45) is 5.11 Å². The van der Waals surface area contributed by atoms with Crippen molar-refractivity contribution in [1.82, 2.24) is 14.6 Å². The Bertz CT molecular complexity index is 855. The highest BCUT2D eigenvalue weighted by Crippen LogP contribution is 2.22. The summed E-state index contributed by atoms with van der Waals surface area (Å²) in [4.78, 5) is 4.20. The van der Waals surface area contributed by atoms with Gasteiger partial charge in [0.15, 0.2) is 11.7 Å². The molecule has 8 heteroatoms. The zero-order valence-electron chi connectivity index (χ0n) is 11.5. The third-order valence-corrected chi connectivity index (χ3v) is 3.16. The molecule has 1 aromatic carbocycles. The van der Waals surface area contributed by atoms with Gasteiger partial charge in [-0.2, -0.15) is 5.10 Å². The van der Waals surface area contributed by atoms with E-state index in [0.717, 1.165) is 5.52 Å². The lowest BCUT2D eigenvalue weighted by molar-refractivity contribution is 0.282. The van der Waals surface area contributed by atoms with Crippen LogP contribution >= 0.6 is 0 Å². The molecule has 22 heavy (non-hydrogen) atoms. The second kappa shape index (κ2) is 5.70. The largest absolute Gasteiger partial charge is 0.392 e. The van der Waals surface area contributed by atoms with Gasteiger partial charge in [0.1, 0.15) is 11.8 Å². The highest BCUT2D eigenvalue weighted by molar-refractivity contribution is 5.97. The lowest BCUT2D eigenvalue weighted by Crippen LogP contribution is -2.02. The molecule has 2 heterocycles. The second-order valence-electron chi connectivity index (χ2n) is 4.61. The minimum atomic E-state index is -0.172. The van der Waals surface area contributed by atoms with Crippen molar-refractivity contribution < 1.29 is 5.11 Å². The Kier molecular flexibility index (Phi) is 3.58. The zero-order valence-corrected chi connectivity index (χ0v) is 11.5. The highest BCUT2D eigenvalue weighted by Gasteiger charge is 2.08. The first-order valence-corrected chi connectivity index (χ1v) is 6.48. The predicted octanol–water partition coefficient (Wildman–Crippen LogP) is 2.32. The molecule has 0 aliphatic rings. The average molecular weight is 295 g/mol. The third-order valence-electron chi connectivity index (χ3n) is 3.16. The quantitative estimate of drug-likeness (QED) is 0.335. The number of nitrogens with one attached hydrogen (secondary N) is 3. The topological polar surface area (TPSA) is 123 Å². The Morgan fingerprint density at radius 2 is 2.23 bits per heavy atom. The molecule has 3 aromatic rings. The van der Waals surface area contributed by atoms with Gasteiger partial charge in [0.05, 0.1) is 6.61 Å². The predicted molar refractivity (Wildman–Crippen MR) is 80.6 cm³/mol. The van der Waals surface area contributed by atoms with E-state index < -0.39 is 0 Å². The van der Waals surface area contributed by atoms with Crippen molar-refractivity contribution in [2.45, 2.75) is 6.61 Å². The van der Waals surface area contributed by atoms with Crippen LogP contribution in [0, 0.1) is 10.9 Å². The molecule has 0 saturated heterocycles. The molecule has 4 N–H and O–H groups in total. The molecule has 8 nitrogen and oxygen atoms in total. The number of amidine groups is 1. The molecule has 0 unspecified atom stereocenters. The number of benzene rings is 1. The van der Waals surface area contributed by atoms with E-state index >= 15 is 0 Å². The molecule has 3 rings (SSSR count). The molecular weight excluding hydrogens is 282 g/mol. The fourth-order valence-corrected chi connectivity index (χ4v) is 2.16. The number of hydrogen-bond donors (Lipinski definition) is 4. The van der Waals surface area contributed by atoms with Crippen LogP contribution < -0.4 is 5.32 Å². The monoisotopic (exact) mass is 295 g/mol. The summed E-state index contributed by atoms with van der Waals surface area (Å²) in [5, 5.41) is 27.3. The zero-order chi connectivity index (χ0) is 15.5. The summed E-state index contributed by atoms with van der Waals surface area (Å²) < 4.78 is 1.69. The second-order valence-corrected chi connectivity index (χ2v) is 4.61. The van der Waals surface area contributed by atoms with Gasteiger partial charge in [-0.05, 0) is 35.9 Å². The fourth-order valence-electron chi connectivity index (χ4n) is 2.16. The van der Waals surface area contributed by atoms with Gasteiger partial charge in [0, 0.05) is 17.4 Å². The minimum absolute atomic E-state index is 0.169. The molecule has 0 fully saturated rings. The third kappa shape index (κ3) is 2.54. The van der Waals surface area contributed by atoms with Gasteiger partial charge >= 0.3 is 0 Å². The van der Waals surface area contributed by atoms with Crippen LogP contribution in [-0.2, 0) is 6.61 Å². The summed E-state index contributed by atoms with van der Waals surface area (Å²) in [6.45, 7) is -0.169. The summed E-state index contributed by atoms with van der Waals surface area (Å²) in [7, 11) is 0. The van der Waals surface area contributed by atoms with Gasteiger partial charge < -0.3 is 10.4 Å². The normalized spacial score (nSPS) is 10.6. The Morgan fingerprint density at radius 3 is 3.00 bits per heavy atom. The van der Waals surface area contributed by atoms with E-state index in [2.05, 4.69) is 20.5 Å². The number of hydrogen-bond acceptors (Lipinski definition) is 6. The lowest BCUT2D eigenvalue weighted by Gasteiger charge is -2.10. The van der Waals surface area contributed by atoms with E-state index in [9.17, 15) is 5.11 Å². The van der Waals surface area contributed by atoms with E-state index in [1.807, 2.05) is 18.3 Å². The number of aromatic nitrogens is 3. The van der Waals surface area contributed by atoms with Gasteiger partial charge in [-0.3, -0.25) is 5.41 Å². The van der Waals surface area contributed by atoms with Gasteiger partial charge in [-0.15, -0.1) is 5.11 Å². The van der Waals surface area contributed by atoms with Gasteiger partial charge in [-0.1, -0.05) is 0 Å². The first kappa shape index (κ1) is 13.8. The van der Waals surface area contributed by atoms with Crippen LogP contribution in [0.25, 0.3) is 5.52 Å². The van der Waals surface area contributed by atoms with E-state index in [-0.39, 0.29) is 12.4 Å². The van der Waals surface area contributed by atoms with E-state index in [4.69, 9.17) is 10.9 Å². The van der Waals surface area contributed by atoms with Crippen LogP contribution in [0.1, 0.15) is 11.1 Å². The van der Waals surface area contributed by atoms with Crippen molar-refractivity contribution in [3.05, 3.63) is 54.0 Å². The number of aliphatic hydroxyl groups is 1. The molecule has 0 radical (unpaired) electrons. The van der Waals surface area contributed by atoms with Gasteiger partial charge in [0.2, 0.25) is 0 Å². The van der Waals surface area contributed by atoms with Crippen molar-refractivity contribution in [3.8, 4) is 0 Å². The molecule has 0 amide bonds. The highest BCUT2D eigenvalue weighted by atomic mass is 16.3. The number of rotatable bonds is 4. The number of aliphatic hydroxyl groups excluding tert-OH is 1. The first-order valence-electron chi connectivity index (χ1n) is 6.48. The SMILES string of the molecule is N=NC(=N)c1cc(CO)cc(Nc2ncnn3cccc23)c1. The molecular formula is C14H13N7O. The Morgan fingerprint density at radius 1 is 1.36 bits per heavy atom. The first-order chi connectivity index (χ1) is 10.7. The van der Waals surface area contributed by atoms with Crippen LogP contribution in [0.2, 0.25) is 0 Å². The van der Waals surface area contributed by atoms with Crippen molar-refractivity contribution in [3.63, 3.8) is 0 Å². The number of anilines is 2. The average Bonchev–Trinajstić information content (AvgIpc) is 3.03. The van der Waals surface area contributed by atoms with E-state index in [1.54, 1.807) is 22.7 Å². The molecule has 0 spiro atoms. The Labute approximate surface area is 125 Å². The van der Waals surface area contributed by atoms with Crippen LogP contribution in [-0.4, -0.2) is 25.5 Å². The van der Waals surface area contributed by atoms with Gasteiger partial charge in [0.25, 0.3) is 0 Å². The molecule has 2 aromatic heterocycles. The van der Waals surface area contributed by atoms with E-state index in [0.29, 0.717) is 22.6 Å². The molecule has 0 aliphatic heterocycles. The number of nitrogens with zero attached hydrogens (tertiary/aromatic N) is 4. The van der Waals surface area contributed by atoms with Crippen LogP contribution in [0.15, 0.2) is 48.0 Å².